The monoisotopic (exact) mass is 294 g/mol. The van der Waals surface area contributed by atoms with E-state index in [2.05, 4.69) is 4.90 Å². The maximum absolute atomic E-state index is 12.3. The van der Waals surface area contributed by atoms with Crippen molar-refractivity contribution >= 4 is 6.09 Å². The number of amides is 1. The summed E-state index contributed by atoms with van der Waals surface area (Å²) in [5.74, 6) is 1.29. The van der Waals surface area contributed by atoms with Crippen molar-refractivity contribution in [1.29, 1.82) is 0 Å². The molecule has 2 unspecified atom stereocenters. The molecule has 1 amide bonds. The maximum atomic E-state index is 12.3. The van der Waals surface area contributed by atoms with Gasteiger partial charge in [-0.3, -0.25) is 4.90 Å². The molecule has 0 radical (unpaired) electrons. The van der Waals surface area contributed by atoms with Gasteiger partial charge in [0.25, 0.3) is 0 Å². The SMILES string of the molecule is CC(C)(C)OC(=O)N1CC2CC(C1)CN(C1CCCC1)C2. The molecule has 3 aliphatic rings. The first kappa shape index (κ1) is 15.1. The van der Waals surface area contributed by atoms with E-state index in [0.717, 1.165) is 19.1 Å². The minimum Gasteiger partial charge on any atom is -0.444 e. The Morgan fingerprint density at radius 3 is 2.10 bits per heavy atom. The van der Waals surface area contributed by atoms with Crippen molar-refractivity contribution in [3.8, 4) is 0 Å². The second kappa shape index (κ2) is 5.79. The third-order valence-electron chi connectivity index (χ3n) is 5.10. The lowest BCUT2D eigenvalue weighted by atomic mass is 9.84. The first-order chi connectivity index (χ1) is 9.90. The van der Waals surface area contributed by atoms with Crippen molar-refractivity contribution in [3.05, 3.63) is 0 Å². The van der Waals surface area contributed by atoms with E-state index in [-0.39, 0.29) is 11.7 Å². The zero-order chi connectivity index (χ0) is 15.0. The molecule has 120 valence electrons. The van der Waals surface area contributed by atoms with Crippen LogP contribution >= 0.6 is 0 Å². The number of fused-ring (bicyclic) bond motifs is 2. The van der Waals surface area contributed by atoms with Gasteiger partial charge >= 0.3 is 6.09 Å². The summed E-state index contributed by atoms with van der Waals surface area (Å²) in [4.78, 5) is 16.9. The van der Waals surface area contributed by atoms with Crippen molar-refractivity contribution in [1.82, 2.24) is 9.80 Å². The second-order valence-electron chi connectivity index (χ2n) is 8.25. The van der Waals surface area contributed by atoms with Crippen LogP contribution in [0.4, 0.5) is 4.79 Å². The Kier molecular flexibility index (Phi) is 4.17. The standard InChI is InChI=1S/C17H30N2O2/c1-17(2,3)21-16(20)19-11-13-8-14(12-19)10-18(9-13)15-6-4-5-7-15/h13-15H,4-12H2,1-3H3. The summed E-state index contributed by atoms with van der Waals surface area (Å²) in [6.45, 7) is 9.96. The molecule has 1 saturated carbocycles. The van der Waals surface area contributed by atoms with Crippen molar-refractivity contribution in [2.75, 3.05) is 26.2 Å². The summed E-state index contributed by atoms with van der Waals surface area (Å²) in [6.07, 6.45) is 6.75. The third kappa shape index (κ3) is 3.71. The highest BCUT2D eigenvalue weighted by Crippen LogP contribution is 2.34. The molecule has 0 aromatic rings. The molecule has 2 aliphatic heterocycles. The molecular formula is C17H30N2O2. The quantitative estimate of drug-likeness (QED) is 0.745. The lowest BCUT2D eigenvalue weighted by Gasteiger charge is -2.47. The minimum absolute atomic E-state index is 0.119. The van der Waals surface area contributed by atoms with Crippen LogP contribution in [0, 0.1) is 11.8 Å². The highest BCUT2D eigenvalue weighted by molar-refractivity contribution is 5.68. The van der Waals surface area contributed by atoms with Crippen LogP contribution in [-0.2, 0) is 4.74 Å². The number of carbonyl (C=O) groups excluding carboxylic acids is 1. The van der Waals surface area contributed by atoms with Crippen LogP contribution in [0.3, 0.4) is 0 Å². The highest BCUT2D eigenvalue weighted by atomic mass is 16.6. The molecule has 4 heteroatoms. The van der Waals surface area contributed by atoms with Crippen LogP contribution < -0.4 is 0 Å². The first-order valence-corrected chi connectivity index (χ1v) is 8.63. The van der Waals surface area contributed by atoms with E-state index in [0.29, 0.717) is 11.8 Å². The molecule has 1 aliphatic carbocycles. The van der Waals surface area contributed by atoms with Crippen LogP contribution in [0.1, 0.15) is 52.9 Å². The maximum Gasteiger partial charge on any atom is 0.410 e. The van der Waals surface area contributed by atoms with E-state index >= 15 is 0 Å². The highest BCUT2D eigenvalue weighted by Gasteiger charge is 2.39. The molecule has 21 heavy (non-hydrogen) atoms. The van der Waals surface area contributed by atoms with Crippen LogP contribution in [0.15, 0.2) is 0 Å². The number of carbonyl (C=O) groups is 1. The lowest BCUT2D eigenvalue weighted by molar-refractivity contribution is -0.0165. The molecule has 0 aromatic carbocycles. The molecule has 2 saturated heterocycles. The molecule has 4 nitrogen and oxygen atoms in total. The summed E-state index contributed by atoms with van der Waals surface area (Å²) in [5, 5.41) is 0. The average molecular weight is 294 g/mol. The molecular weight excluding hydrogens is 264 g/mol. The van der Waals surface area contributed by atoms with Gasteiger partial charge in [0, 0.05) is 32.2 Å². The fourth-order valence-electron chi connectivity index (χ4n) is 4.36. The average Bonchev–Trinajstić information content (AvgIpc) is 2.89. The fraction of sp³-hybridized carbons (Fsp3) is 0.941. The molecule has 2 heterocycles. The predicted octanol–water partition coefficient (Wildman–Crippen LogP) is 3.12. The van der Waals surface area contributed by atoms with Gasteiger partial charge in [0.2, 0.25) is 0 Å². The Bertz CT molecular complexity index is 371. The van der Waals surface area contributed by atoms with Gasteiger partial charge in [-0.1, -0.05) is 12.8 Å². The van der Waals surface area contributed by atoms with Crippen molar-refractivity contribution in [3.63, 3.8) is 0 Å². The molecule has 3 fully saturated rings. The van der Waals surface area contributed by atoms with Gasteiger partial charge in [0.1, 0.15) is 5.60 Å². The number of rotatable bonds is 1. The number of piperidine rings is 2. The minimum atomic E-state index is -0.389. The van der Waals surface area contributed by atoms with Crippen molar-refractivity contribution in [2.45, 2.75) is 64.5 Å². The number of likely N-dealkylation sites (tertiary alicyclic amines) is 2. The number of nitrogens with zero attached hydrogens (tertiary/aromatic N) is 2. The summed E-state index contributed by atoms with van der Waals surface area (Å²) >= 11 is 0. The Morgan fingerprint density at radius 1 is 1.00 bits per heavy atom. The van der Waals surface area contributed by atoms with E-state index < -0.39 is 0 Å². The van der Waals surface area contributed by atoms with Gasteiger partial charge in [-0.05, 0) is 51.9 Å². The molecule has 2 atom stereocenters. The van der Waals surface area contributed by atoms with Crippen molar-refractivity contribution in [2.24, 2.45) is 11.8 Å². The summed E-state index contributed by atoms with van der Waals surface area (Å²) in [5.41, 5.74) is -0.389. The Morgan fingerprint density at radius 2 is 1.57 bits per heavy atom. The van der Waals surface area contributed by atoms with Crippen LogP contribution in [0.2, 0.25) is 0 Å². The van der Waals surface area contributed by atoms with E-state index in [1.165, 1.54) is 45.2 Å². The van der Waals surface area contributed by atoms with Crippen molar-refractivity contribution < 1.29 is 9.53 Å². The van der Waals surface area contributed by atoms with Gasteiger partial charge in [-0.25, -0.2) is 4.79 Å². The number of ether oxygens (including phenoxy) is 1. The van der Waals surface area contributed by atoms with E-state index in [4.69, 9.17) is 4.74 Å². The normalized spacial score (nSPS) is 31.5. The smallest absolute Gasteiger partial charge is 0.410 e. The largest absolute Gasteiger partial charge is 0.444 e. The molecule has 2 bridgehead atoms. The van der Waals surface area contributed by atoms with E-state index in [9.17, 15) is 4.79 Å². The fourth-order valence-corrected chi connectivity index (χ4v) is 4.36. The zero-order valence-electron chi connectivity index (χ0n) is 13.8. The van der Waals surface area contributed by atoms with Crippen LogP contribution in [-0.4, -0.2) is 53.7 Å². The second-order valence-corrected chi connectivity index (χ2v) is 8.25. The van der Waals surface area contributed by atoms with E-state index in [1.54, 1.807) is 0 Å². The summed E-state index contributed by atoms with van der Waals surface area (Å²) in [6, 6.07) is 0.823. The van der Waals surface area contributed by atoms with Crippen LogP contribution in [0.25, 0.3) is 0 Å². The third-order valence-corrected chi connectivity index (χ3v) is 5.10. The number of hydrogen-bond acceptors (Lipinski definition) is 3. The first-order valence-electron chi connectivity index (χ1n) is 8.63. The topological polar surface area (TPSA) is 32.8 Å². The molecule has 0 aromatic heterocycles. The predicted molar refractivity (Wildman–Crippen MR) is 83.2 cm³/mol. The Labute approximate surface area is 128 Å². The molecule has 3 rings (SSSR count). The number of hydrogen-bond donors (Lipinski definition) is 0. The molecule has 0 N–H and O–H groups in total. The summed E-state index contributed by atoms with van der Waals surface area (Å²) < 4.78 is 5.54. The van der Waals surface area contributed by atoms with Crippen LogP contribution in [0.5, 0.6) is 0 Å². The van der Waals surface area contributed by atoms with Gasteiger partial charge in [-0.15, -0.1) is 0 Å². The Balaban J connectivity index is 1.57. The van der Waals surface area contributed by atoms with Gasteiger partial charge in [0.15, 0.2) is 0 Å². The molecule has 0 spiro atoms. The zero-order valence-corrected chi connectivity index (χ0v) is 13.8. The lowest BCUT2D eigenvalue weighted by Crippen LogP contribution is -2.56. The van der Waals surface area contributed by atoms with Gasteiger partial charge < -0.3 is 9.64 Å². The Hall–Kier alpha value is -0.770. The van der Waals surface area contributed by atoms with Gasteiger partial charge in [0.05, 0.1) is 0 Å². The van der Waals surface area contributed by atoms with E-state index in [1.807, 2.05) is 25.7 Å². The summed E-state index contributed by atoms with van der Waals surface area (Å²) in [7, 11) is 0. The van der Waals surface area contributed by atoms with Gasteiger partial charge in [-0.2, -0.15) is 0 Å².